The van der Waals surface area contributed by atoms with Gasteiger partial charge < -0.3 is 34.6 Å². The molecule has 0 amide bonds. The number of hydrogen-bond acceptors (Lipinski definition) is 7. The zero-order valence-electron chi connectivity index (χ0n) is 20.6. The highest BCUT2D eigenvalue weighted by Gasteiger charge is 2.24. The molecule has 34 heavy (non-hydrogen) atoms. The predicted molar refractivity (Wildman–Crippen MR) is 132 cm³/mol. The molecule has 7 nitrogen and oxygen atoms in total. The van der Waals surface area contributed by atoms with Gasteiger partial charge in [0.05, 0.1) is 25.9 Å². The molecule has 0 radical (unpaired) electrons. The van der Waals surface area contributed by atoms with E-state index in [1.807, 2.05) is 6.92 Å². The summed E-state index contributed by atoms with van der Waals surface area (Å²) in [5, 5.41) is 42.3. The van der Waals surface area contributed by atoms with Crippen LogP contribution in [0.1, 0.15) is 76.5 Å². The lowest BCUT2D eigenvalue weighted by Crippen LogP contribution is -2.21. The van der Waals surface area contributed by atoms with Gasteiger partial charge >= 0.3 is 0 Å². The molecule has 2 atom stereocenters. The number of phenolic OH excluding ortho intramolecular Hbond substituents is 2. The lowest BCUT2D eigenvalue weighted by molar-refractivity contribution is 0.0181. The molecule has 4 N–H and O–H groups in total. The second-order valence-corrected chi connectivity index (χ2v) is 8.47. The van der Waals surface area contributed by atoms with E-state index in [4.69, 9.17) is 14.2 Å². The van der Waals surface area contributed by atoms with Crippen molar-refractivity contribution in [3.63, 3.8) is 0 Å². The molecule has 0 aliphatic heterocycles. The zero-order chi connectivity index (χ0) is 24.9. The number of rotatable bonds is 16. The minimum absolute atomic E-state index is 0.0236. The Kier molecular flexibility index (Phi) is 11.8. The van der Waals surface area contributed by atoms with Crippen LogP contribution in [0.4, 0.5) is 0 Å². The van der Waals surface area contributed by atoms with Crippen LogP contribution in [0.5, 0.6) is 28.7 Å². The number of benzene rings is 2. The number of aliphatic hydroxyl groups is 2. The van der Waals surface area contributed by atoms with Crippen molar-refractivity contribution in [2.24, 2.45) is 0 Å². The fourth-order valence-corrected chi connectivity index (χ4v) is 3.38. The summed E-state index contributed by atoms with van der Waals surface area (Å²) < 4.78 is 17.2. The number of ether oxygens (including phenoxy) is 3. The Bertz CT molecular complexity index is 868. The first-order valence-corrected chi connectivity index (χ1v) is 12.3. The van der Waals surface area contributed by atoms with E-state index in [0.717, 1.165) is 38.5 Å². The van der Waals surface area contributed by atoms with Crippen LogP contribution in [0.15, 0.2) is 30.3 Å². The SMILES string of the molecule is CCCCOc1cc(O)c(CC(O)C(O)c2ccc(O)c(OCCCC)c2)c(OCCCC)c1. The summed E-state index contributed by atoms with van der Waals surface area (Å²) in [4.78, 5) is 0. The van der Waals surface area contributed by atoms with Gasteiger partial charge in [0.25, 0.3) is 0 Å². The van der Waals surface area contributed by atoms with Crippen LogP contribution in [0, 0.1) is 0 Å². The van der Waals surface area contributed by atoms with Crippen molar-refractivity contribution in [2.45, 2.75) is 77.9 Å². The smallest absolute Gasteiger partial charge is 0.161 e. The van der Waals surface area contributed by atoms with Crippen LogP contribution in [-0.4, -0.2) is 46.4 Å². The second kappa shape index (κ2) is 14.6. The standard InChI is InChI=1S/C27H40O7/c1-4-7-12-32-20-16-23(29)21(25(17-20)33-13-8-5-2)18-24(30)27(31)19-10-11-22(28)26(15-19)34-14-9-6-3/h10-11,15-17,24,27-31H,4-9,12-14,18H2,1-3H3. The van der Waals surface area contributed by atoms with Crippen LogP contribution >= 0.6 is 0 Å². The van der Waals surface area contributed by atoms with E-state index in [1.165, 1.54) is 18.2 Å². The molecule has 190 valence electrons. The first-order chi connectivity index (χ1) is 16.4. The fourth-order valence-electron chi connectivity index (χ4n) is 3.38. The normalized spacial score (nSPS) is 12.9. The van der Waals surface area contributed by atoms with Crippen molar-refractivity contribution in [1.29, 1.82) is 0 Å². The molecule has 0 aliphatic rings. The van der Waals surface area contributed by atoms with Gasteiger partial charge in [0.1, 0.15) is 23.4 Å². The molecule has 2 unspecified atom stereocenters. The number of aliphatic hydroxyl groups excluding tert-OH is 2. The van der Waals surface area contributed by atoms with Crippen LogP contribution in [-0.2, 0) is 6.42 Å². The summed E-state index contributed by atoms with van der Waals surface area (Å²) >= 11 is 0. The average Bonchev–Trinajstić information content (AvgIpc) is 2.82. The van der Waals surface area contributed by atoms with Crippen molar-refractivity contribution in [1.82, 2.24) is 0 Å². The molecular weight excluding hydrogens is 436 g/mol. The molecule has 0 spiro atoms. The maximum absolute atomic E-state index is 10.8. The number of aromatic hydroxyl groups is 2. The first kappa shape index (κ1) is 27.6. The van der Waals surface area contributed by atoms with Crippen molar-refractivity contribution in [3.8, 4) is 28.7 Å². The third-order valence-corrected chi connectivity index (χ3v) is 5.54. The van der Waals surface area contributed by atoms with Crippen LogP contribution in [0.25, 0.3) is 0 Å². The van der Waals surface area contributed by atoms with Gasteiger partial charge in [-0.25, -0.2) is 0 Å². The number of unbranched alkanes of at least 4 members (excludes halogenated alkanes) is 3. The molecule has 2 aromatic rings. The molecule has 0 aliphatic carbocycles. The summed E-state index contributed by atoms with van der Waals surface area (Å²) in [6.45, 7) is 7.63. The molecular formula is C27H40O7. The third-order valence-electron chi connectivity index (χ3n) is 5.54. The van der Waals surface area contributed by atoms with Crippen LogP contribution < -0.4 is 14.2 Å². The van der Waals surface area contributed by atoms with E-state index < -0.39 is 12.2 Å². The molecule has 2 rings (SSSR count). The maximum Gasteiger partial charge on any atom is 0.161 e. The summed E-state index contributed by atoms with van der Waals surface area (Å²) in [5.74, 6) is 1.12. The largest absolute Gasteiger partial charge is 0.507 e. The Morgan fingerprint density at radius 3 is 1.91 bits per heavy atom. The van der Waals surface area contributed by atoms with E-state index in [0.29, 0.717) is 42.4 Å². The van der Waals surface area contributed by atoms with Gasteiger partial charge in [-0.2, -0.15) is 0 Å². The van der Waals surface area contributed by atoms with Gasteiger partial charge in [-0.3, -0.25) is 0 Å². The Morgan fingerprint density at radius 2 is 1.29 bits per heavy atom. The van der Waals surface area contributed by atoms with E-state index in [-0.39, 0.29) is 23.7 Å². The highest BCUT2D eigenvalue weighted by Crippen LogP contribution is 2.37. The summed E-state index contributed by atoms with van der Waals surface area (Å²) in [6.07, 6.45) is 2.99. The molecule has 0 heterocycles. The van der Waals surface area contributed by atoms with Gasteiger partial charge in [-0.15, -0.1) is 0 Å². The molecule has 0 saturated carbocycles. The summed E-state index contributed by atoms with van der Waals surface area (Å²) in [6, 6.07) is 7.74. The Hall–Kier alpha value is -2.64. The quantitative estimate of drug-likeness (QED) is 0.244. The maximum atomic E-state index is 10.8. The van der Waals surface area contributed by atoms with E-state index in [9.17, 15) is 20.4 Å². The predicted octanol–water partition coefficient (Wildman–Crippen LogP) is 5.27. The van der Waals surface area contributed by atoms with Crippen molar-refractivity contribution < 1.29 is 34.6 Å². The highest BCUT2D eigenvalue weighted by atomic mass is 16.5. The molecule has 0 saturated heterocycles. The fraction of sp³-hybridized carbons (Fsp3) is 0.556. The molecule has 0 aromatic heterocycles. The van der Waals surface area contributed by atoms with Crippen molar-refractivity contribution in [3.05, 3.63) is 41.5 Å². The summed E-state index contributed by atoms with van der Waals surface area (Å²) in [5.41, 5.74) is 0.813. The second-order valence-electron chi connectivity index (χ2n) is 8.47. The topological polar surface area (TPSA) is 109 Å². The van der Waals surface area contributed by atoms with Crippen LogP contribution in [0.2, 0.25) is 0 Å². The van der Waals surface area contributed by atoms with E-state index >= 15 is 0 Å². The minimum Gasteiger partial charge on any atom is -0.507 e. The van der Waals surface area contributed by atoms with E-state index in [2.05, 4.69) is 13.8 Å². The van der Waals surface area contributed by atoms with Crippen LogP contribution in [0.3, 0.4) is 0 Å². The van der Waals surface area contributed by atoms with E-state index in [1.54, 1.807) is 12.1 Å². The number of phenols is 2. The highest BCUT2D eigenvalue weighted by molar-refractivity contribution is 5.50. The molecule has 2 aromatic carbocycles. The van der Waals surface area contributed by atoms with Crippen molar-refractivity contribution in [2.75, 3.05) is 19.8 Å². The Labute approximate surface area is 202 Å². The monoisotopic (exact) mass is 476 g/mol. The van der Waals surface area contributed by atoms with Gasteiger partial charge in [0.2, 0.25) is 0 Å². The average molecular weight is 477 g/mol. The molecule has 7 heteroatoms. The van der Waals surface area contributed by atoms with Gasteiger partial charge in [0.15, 0.2) is 11.5 Å². The first-order valence-electron chi connectivity index (χ1n) is 12.3. The molecule has 0 fully saturated rings. The number of hydrogen-bond donors (Lipinski definition) is 4. The lowest BCUT2D eigenvalue weighted by atomic mass is 9.97. The van der Waals surface area contributed by atoms with Gasteiger partial charge in [-0.05, 0) is 37.0 Å². The van der Waals surface area contributed by atoms with Gasteiger partial charge in [-0.1, -0.05) is 46.1 Å². The Morgan fingerprint density at radius 1 is 0.706 bits per heavy atom. The lowest BCUT2D eigenvalue weighted by Gasteiger charge is -2.22. The van der Waals surface area contributed by atoms with Gasteiger partial charge in [0, 0.05) is 24.1 Å². The van der Waals surface area contributed by atoms with Crippen molar-refractivity contribution >= 4 is 0 Å². The Balaban J connectivity index is 2.20. The third kappa shape index (κ3) is 8.29. The minimum atomic E-state index is -1.25. The summed E-state index contributed by atoms with van der Waals surface area (Å²) in [7, 11) is 0. The zero-order valence-corrected chi connectivity index (χ0v) is 20.6. The molecule has 0 bridgehead atoms.